The van der Waals surface area contributed by atoms with Crippen molar-refractivity contribution in [3.05, 3.63) is 59.7 Å². The smallest absolute Gasteiger partial charge is 0.224 e. The number of hydrogen-bond donors (Lipinski definition) is 4. The lowest BCUT2D eigenvalue weighted by molar-refractivity contribution is -0.130. The van der Waals surface area contributed by atoms with Crippen LogP contribution in [0.5, 0.6) is 11.5 Å². The number of aliphatic hydroxyl groups excluding tert-OH is 1. The van der Waals surface area contributed by atoms with Crippen LogP contribution in [0.2, 0.25) is 0 Å². The number of nitrogens with two attached hydrogens (primary N) is 1. The molecule has 0 bridgehead atoms. The van der Waals surface area contributed by atoms with E-state index in [-0.39, 0.29) is 30.3 Å². The molecule has 4 atom stereocenters. The molecule has 0 aliphatic carbocycles. The molecule has 2 rings (SSSR count). The second kappa shape index (κ2) is 19.5. The van der Waals surface area contributed by atoms with Crippen molar-refractivity contribution in [2.45, 2.75) is 85.9 Å². The predicted octanol–water partition coefficient (Wildman–Crippen LogP) is 5.12. The number of rotatable bonds is 22. The van der Waals surface area contributed by atoms with Gasteiger partial charge in [0.25, 0.3) is 0 Å². The molecule has 2 aromatic rings. The van der Waals surface area contributed by atoms with Crippen molar-refractivity contribution in [3.63, 3.8) is 0 Å². The van der Waals surface area contributed by atoms with Gasteiger partial charge >= 0.3 is 0 Å². The van der Waals surface area contributed by atoms with Gasteiger partial charge in [-0.3, -0.25) is 9.59 Å². The largest absolute Gasteiger partial charge is 0.493 e. The van der Waals surface area contributed by atoms with Crippen LogP contribution in [0.3, 0.4) is 0 Å². The van der Waals surface area contributed by atoms with Crippen molar-refractivity contribution in [2.75, 3.05) is 34.0 Å². The van der Waals surface area contributed by atoms with E-state index in [1.807, 2.05) is 38.1 Å². The van der Waals surface area contributed by atoms with Gasteiger partial charge in [0.05, 0.1) is 25.2 Å². The Morgan fingerprint density at radius 2 is 1.61 bits per heavy atom. The second-order valence-electron chi connectivity index (χ2n) is 13.7. The number of carbonyl (C=O) groups excluding carboxylic acids is 2. The van der Waals surface area contributed by atoms with Gasteiger partial charge in [0.2, 0.25) is 11.8 Å². The number of ether oxygens (including phenoxy) is 3. The van der Waals surface area contributed by atoms with Crippen molar-refractivity contribution in [1.29, 1.82) is 0 Å². The Labute approximate surface area is 277 Å². The molecular weight excluding hydrogens is 582 g/mol. The summed E-state index contributed by atoms with van der Waals surface area (Å²) < 4.78 is 16.7. The number of hydrogen-bond acceptors (Lipinski definition) is 7. The highest BCUT2D eigenvalue weighted by atomic mass is 16.5. The summed E-state index contributed by atoms with van der Waals surface area (Å²) >= 11 is 0. The van der Waals surface area contributed by atoms with Crippen LogP contribution in [0.25, 0.3) is 0 Å². The van der Waals surface area contributed by atoms with E-state index in [4.69, 9.17) is 19.9 Å². The van der Waals surface area contributed by atoms with Crippen LogP contribution in [-0.2, 0) is 27.3 Å². The number of aliphatic hydroxyl groups is 1. The molecule has 0 radical (unpaired) electrons. The van der Waals surface area contributed by atoms with Crippen molar-refractivity contribution in [1.82, 2.24) is 10.6 Å². The minimum absolute atomic E-state index is 0.0105. The first-order valence-corrected chi connectivity index (χ1v) is 16.6. The van der Waals surface area contributed by atoms with Gasteiger partial charge in [-0.15, -0.1) is 0 Å². The van der Waals surface area contributed by atoms with Crippen LogP contribution in [-0.4, -0.2) is 63.0 Å². The maximum Gasteiger partial charge on any atom is 0.224 e. The van der Waals surface area contributed by atoms with E-state index in [9.17, 15) is 14.7 Å². The van der Waals surface area contributed by atoms with Gasteiger partial charge in [-0.05, 0) is 74.1 Å². The Bertz CT molecular complexity index is 1190. The maximum atomic E-state index is 13.3. The molecule has 0 saturated carbocycles. The summed E-state index contributed by atoms with van der Waals surface area (Å²) in [6, 6.07) is 15.9. The standard InChI is InChI=1S/C37H59N3O6/c1-25(2)29(19-28-15-16-33(45-8)34(20-28)46-18-12-17-44-7)21-31(39-23-27-13-10-9-11-14-27)32(41)22-30(26(3)4)35(42)40-24-37(5,6)36(38)43/h9-11,13-16,20,25-26,29-32,39,41H,12,17-19,21-24H2,1-8H3,(H2,38,43)(H,40,42)/t29-,30-,31-,32-/m0/s1. The molecular formula is C37H59N3O6. The van der Waals surface area contributed by atoms with E-state index < -0.39 is 23.3 Å². The molecule has 9 nitrogen and oxygen atoms in total. The maximum absolute atomic E-state index is 13.3. The summed E-state index contributed by atoms with van der Waals surface area (Å²) in [5, 5.41) is 18.3. The van der Waals surface area contributed by atoms with Crippen LogP contribution >= 0.6 is 0 Å². The zero-order valence-corrected chi connectivity index (χ0v) is 29.3. The van der Waals surface area contributed by atoms with Crippen molar-refractivity contribution < 1.29 is 28.9 Å². The normalized spacial score (nSPS) is 14.5. The molecule has 2 aromatic carbocycles. The molecule has 46 heavy (non-hydrogen) atoms. The van der Waals surface area contributed by atoms with E-state index in [0.29, 0.717) is 50.0 Å². The number of methoxy groups -OCH3 is 2. The molecule has 258 valence electrons. The van der Waals surface area contributed by atoms with E-state index in [1.54, 1.807) is 28.1 Å². The van der Waals surface area contributed by atoms with E-state index in [0.717, 1.165) is 24.0 Å². The summed E-state index contributed by atoms with van der Waals surface area (Å²) in [6.45, 7) is 13.7. The van der Waals surface area contributed by atoms with Crippen LogP contribution < -0.4 is 25.8 Å². The van der Waals surface area contributed by atoms with E-state index >= 15 is 0 Å². The third kappa shape index (κ3) is 12.9. The van der Waals surface area contributed by atoms with Crippen LogP contribution in [0.4, 0.5) is 0 Å². The Morgan fingerprint density at radius 1 is 0.913 bits per heavy atom. The monoisotopic (exact) mass is 641 g/mol. The molecule has 9 heteroatoms. The molecule has 0 heterocycles. The van der Waals surface area contributed by atoms with Crippen LogP contribution in [0.1, 0.15) is 71.9 Å². The molecule has 0 spiro atoms. The van der Waals surface area contributed by atoms with Gasteiger partial charge in [0, 0.05) is 45.2 Å². The Hall–Kier alpha value is -3.14. The third-order valence-corrected chi connectivity index (χ3v) is 8.86. The SMILES string of the molecule is COCCCOc1cc(C[C@@H](C[C@H](NCc2ccccc2)[C@@H](O)C[C@H](C(=O)NCC(C)(C)C(N)=O)C(C)C)C(C)C)ccc1OC. The Morgan fingerprint density at radius 3 is 2.20 bits per heavy atom. The van der Waals surface area contributed by atoms with E-state index in [1.165, 1.54) is 0 Å². The number of carbonyl (C=O) groups is 2. The lowest BCUT2D eigenvalue weighted by atomic mass is 9.80. The van der Waals surface area contributed by atoms with Crippen molar-refractivity contribution >= 4 is 11.8 Å². The van der Waals surface area contributed by atoms with Crippen LogP contribution in [0, 0.1) is 29.1 Å². The lowest BCUT2D eigenvalue weighted by Gasteiger charge is -2.33. The highest BCUT2D eigenvalue weighted by Gasteiger charge is 2.33. The van der Waals surface area contributed by atoms with E-state index in [2.05, 4.69) is 48.7 Å². The molecule has 2 amide bonds. The van der Waals surface area contributed by atoms with Crippen LogP contribution in [0.15, 0.2) is 48.5 Å². The third-order valence-electron chi connectivity index (χ3n) is 8.86. The van der Waals surface area contributed by atoms with Gasteiger partial charge in [0.1, 0.15) is 0 Å². The summed E-state index contributed by atoms with van der Waals surface area (Å²) in [5.41, 5.74) is 6.91. The molecule has 0 aliphatic heterocycles. The highest BCUT2D eigenvalue weighted by Crippen LogP contribution is 2.32. The fourth-order valence-corrected chi connectivity index (χ4v) is 5.42. The lowest BCUT2D eigenvalue weighted by Crippen LogP contribution is -2.47. The average Bonchev–Trinajstić information content (AvgIpc) is 3.02. The van der Waals surface area contributed by atoms with Gasteiger partial charge in [0.15, 0.2) is 11.5 Å². The summed E-state index contributed by atoms with van der Waals surface area (Å²) in [4.78, 5) is 25.1. The summed E-state index contributed by atoms with van der Waals surface area (Å²) in [7, 11) is 3.32. The van der Waals surface area contributed by atoms with Gasteiger partial charge in [-0.25, -0.2) is 0 Å². The molecule has 0 aliphatic rings. The number of nitrogens with one attached hydrogen (secondary N) is 2. The first-order valence-electron chi connectivity index (χ1n) is 16.6. The molecule has 0 unspecified atom stereocenters. The first-order chi connectivity index (χ1) is 21.8. The zero-order valence-electron chi connectivity index (χ0n) is 29.3. The topological polar surface area (TPSA) is 132 Å². The minimum atomic E-state index is -0.865. The molecule has 0 fully saturated rings. The first kappa shape index (κ1) is 39.0. The number of primary amides is 1. The quantitative estimate of drug-likeness (QED) is 0.131. The highest BCUT2D eigenvalue weighted by molar-refractivity contribution is 5.83. The van der Waals surface area contributed by atoms with Gasteiger partial charge < -0.3 is 35.7 Å². The van der Waals surface area contributed by atoms with Crippen molar-refractivity contribution in [3.8, 4) is 11.5 Å². The zero-order chi connectivity index (χ0) is 34.3. The molecule has 0 saturated heterocycles. The summed E-state index contributed by atoms with van der Waals surface area (Å²) in [5.74, 6) is 0.879. The number of benzene rings is 2. The Kier molecular flexibility index (Phi) is 16.6. The summed E-state index contributed by atoms with van der Waals surface area (Å²) in [6.07, 6.45) is 1.80. The van der Waals surface area contributed by atoms with Crippen molar-refractivity contribution in [2.24, 2.45) is 34.8 Å². The Balaban J connectivity index is 2.27. The fraction of sp³-hybridized carbons (Fsp3) is 0.622. The number of amides is 2. The average molecular weight is 642 g/mol. The fourth-order valence-electron chi connectivity index (χ4n) is 5.42. The molecule has 0 aromatic heterocycles. The predicted molar refractivity (Wildman–Crippen MR) is 184 cm³/mol. The second-order valence-corrected chi connectivity index (χ2v) is 13.7. The van der Waals surface area contributed by atoms with Gasteiger partial charge in [-0.1, -0.05) is 64.1 Å². The molecule has 5 N–H and O–H groups in total. The van der Waals surface area contributed by atoms with Gasteiger partial charge in [-0.2, -0.15) is 0 Å². The minimum Gasteiger partial charge on any atom is -0.493 e.